The van der Waals surface area contributed by atoms with Gasteiger partial charge >= 0.3 is 0 Å². The Kier molecular flexibility index (Phi) is 12.9. The number of carbonyl (C=O) groups is 2. The molecule has 182 valence electrons. The van der Waals surface area contributed by atoms with Gasteiger partial charge in [0.1, 0.15) is 48.8 Å². The lowest BCUT2D eigenvalue weighted by molar-refractivity contribution is -0.134. The molecule has 9 nitrogen and oxygen atoms in total. The number of carbonyl (C=O) groups excluding carboxylic acids is 2. The molecule has 0 aliphatic heterocycles. The standard InChI is InChI=1S/C15H15ClO2.C8H14O7/c1-15(2,11-3-7-13(17)8-4-11)12-5-9-14(18-16)10-6-12;9-5-14-3-7(11)1-13-2-8(12)4-15-6-10/h3-10,17H,1-2H3;5-8,11-12H,1-4H2. The fraction of sp³-hybridized carbons (Fsp3) is 0.391. The zero-order valence-electron chi connectivity index (χ0n) is 18.4. The van der Waals surface area contributed by atoms with Gasteiger partial charge in [0.25, 0.3) is 12.9 Å². The van der Waals surface area contributed by atoms with Crippen molar-refractivity contribution in [3.8, 4) is 11.5 Å². The van der Waals surface area contributed by atoms with Crippen molar-refractivity contribution in [2.45, 2.75) is 31.5 Å². The first kappa shape index (κ1) is 28.2. The maximum atomic E-state index is 9.75. The third-order valence-electron chi connectivity index (χ3n) is 4.59. The van der Waals surface area contributed by atoms with Crippen LogP contribution in [0, 0.1) is 0 Å². The van der Waals surface area contributed by atoms with Gasteiger partial charge in [-0.3, -0.25) is 9.59 Å². The zero-order chi connectivity index (χ0) is 24.7. The van der Waals surface area contributed by atoms with Crippen LogP contribution in [-0.2, 0) is 29.2 Å². The maximum Gasteiger partial charge on any atom is 0.293 e. The minimum Gasteiger partial charge on any atom is -0.508 e. The van der Waals surface area contributed by atoms with E-state index in [0.29, 0.717) is 5.75 Å². The van der Waals surface area contributed by atoms with Crippen LogP contribution >= 0.6 is 11.9 Å². The molecule has 2 aromatic carbocycles. The fourth-order valence-corrected chi connectivity index (χ4v) is 2.81. The highest BCUT2D eigenvalue weighted by Gasteiger charge is 2.23. The number of hydrogen-bond acceptors (Lipinski definition) is 9. The monoisotopic (exact) mass is 484 g/mol. The normalized spacial score (nSPS) is 12.5. The Morgan fingerprint density at radius 3 is 1.64 bits per heavy atom. The van der Waals surface area contributed by atoms with Gasteiger partial charge < -0.3 is 33.8 Å². The molecule has 2 rings (SSSR count). The van der Waals surface area contributed by atoms with E-state index >= 15 is 0 Å². The van der Waals surface area contributed by atoms with Crippen LogP contribution in [0.4, 0.5) is 0 Å². The van der Waals surface area contributed by atoms with Crippen LogP contribution in [0.2, 0.25) is 0 Å². The summed E-state index contributed by atoms with van der Waals surface area (Å²) in [6.07, 6.45) is -1.87. The molecule has 0 aliphatic carbocycles. The molecule has 0 amide bonds. The Morgan fingerprint density at radius 2 is 1.24 bits per heavy atom. The number of phenolic OH excluding ortho intramolecular Hbond substituents is 1. The Bertz CT molecular complexity index is 792. The topological polar surface area (TPSA) is 132 Å². The molecule has 0 saturated carbocycles. The van der Waals surface area contributed by atoms with E-state index in [9.17, 15) is 14.7 Å². The second-order valence-corrected chi connectivity index (χ2v) is 7.63. The van der Waals surface area contributed by atoms with E-state index in [-0.39, 0.29) is 50.5 Å². The highest BCUT2D eigenvalue weighted by atomic mass is 35.5. The predicted molar refractivity (Wildman–Crippen MR) is 120 cm³/mol. The van der Waals surface area contributed by atoms with Gasteiger partial charge in [-0.2, -0.15) is 0 Å². The average molecular weight is 485 g/mol. The second kappa shape index (κ2) is 15.1. The molecular formula is C23H29ClO9. The number of halogens is 1. The molecular weight excluding hydrogens is 456 g/mol. The number of aromatic hydroxyl groups is 1. The summed E-state index contributed by atoms with van der Waals surface area (Å²) in [6, 6.07) is 14.9. The van der Waals surface area contributed by atoms with Crippen molar-refractivity contribution < 1.29 is 43.4 Å². The van der Waals surface area contributed by atoms with Gasteiger partial charge in [-0.1, -0.05) is 38.1 Å². The first-order valence-electron chi connectivity index (χ1n) is 9.97. The van der Waals surface area contributed by atoms with Crippen molar-refractivity contribution in [2.24, 2.45) is 0 Å². The van der Waals surface area contributed by atoms with Crippen LogP contribution in [0.25, 0.3) is 0 Å². The third kappa shape index (κ3) is 10.5. The molecule has 0 spiro atoms. The number of benzene rings is 2. The quantitative estimate of drug-likeness (QED) is 0.366. The lowest BCUT2D eigenvalue weighted by Gasteiger charge is -2.26. The van der Waals surface area contributed by atoms with Gasteiger partial charge in [0, 0.05) is 5.41 Å². The molecule has 33 heavy (non-hydrogen) atoms. The Labute approximate surface area is 197 Å². The van der Waals surface area contributed by atoms with Crippen molar-refractivity contribution in [1.29, 1.82) is 0 Å². The lowest BCUT2D eigenvalue weighted by atomic mass is 9.78. The number of aliphatic hydroxyl groups excluding tert-OH is 2. The molecule has 2 aromatic rings. The molecule has 0 bridgehead atoms. The van der Waals surface area contributed by atoms with Gasteiger partial charge in [-0.05, 0) is 35.4 Å². The summed E-state index contributed by atoms with van der Waals surface area (Å²) in [5, 5.41) is 27.5. The molecule has 2 unspecified atom stereocenters. The van der Waals surface area contributed by atoms with Crippen LogP contribution in [0.1, 0.15) is 25.0 Å². The first-order valence-corrected chi connectivity index (χ1v) is 10.3. The molecule has 0 aliphatic rings. The Hall–Kier alpha value is -2.85. The Balaban J connectivity index is 0.000000337. The van der Waals surface area contributed by atoms with Gasteiger partial charge in [0.05, 0.1) is 13.2 Å². The minimum absolute atomic E-state index is 0.0774. The van der Waals surface area contributed by atoms with E-state index in [1.807, 2.05) is 36.4 Å². The van der Waals surface area contributed by atoms with Gasteiger partial charge in [-0.15, -0.1) is 0 Å². The largest absolute Gasteiger partial charge is 0.508 e. The van der Waals surface area contributed by atoms with Crippen molar-refractivity contribution in [2.75, 3.05) is 26.4 Å². The molecule has 0 fully saturated rings. The van der Waals surface area contributed by atoms with E-state index < -0.39 is 12.2 Å². The minimum atomic E-state index is -0.936. The van der Waals surface area contributed by atoms with Gasteiger partial charge in [0.15, 0.2) is 0 Å². The van der Waals surface area contributed by atoms with E-state index in [1.54, 1.807) is 12.1 Å². The van der Waals surface area contributed by atoms with Crippen molar-refractivity contribution in [3.63, 3.8) is 0 Å². The SMILES string of the molecule is CC(C)(c1ccc(O)cc1)c1ccc(OCl)cc1.O=COCC(O)COCC(O)COC=O. The first-order chi connectivity index (χ1) is 15.7. The van der Waals surface area contributed by atoms with Crippen molar-refractivity contribution in [3.05, 3.63) is 59.7 Å². The Morgan fingerprint density at radius 1 is 0.818 bits per heavy atom. The van der Waals surface area contributed by atoms with Gasteiger partial charge in [0.2, 0.25) is 0 Å². The summed E-state index contributed by atoms with van der Waals surface area (Å²) >= 11 is 5.30. The predicted octanol–water partition coefficient (Wildman–Crippen LogP) is 2.32. The second-order valence-electron chi connectivity index (χ2n) is 7.48. The smallest absolute Gasteiger partial charge is 0.293 e. The van der Waals surface area contributed by atoms with Crippen LogP contribution < -0.4 is 4.29 Å². The van der Waals surface area contributed by atoms with Crippen molar-refractivity contribution in [1.82, 2.24) is 0 Å². The summed E-state index contributed by atoms with van der Waals surface area (Å²) in [7, 11) is 0. The summed E-state index contributed by atoms with van der Waals surface area (Å²) < 4.78 is 18.0. The lowest BCUT2D eigenvalue weighted by Crippen LogP contribution is -2.27. The summed E-state index contributed by atoms with van der Waals surface area (Å²) in [5.74, 6) is 0.905. The number of hydrogen-bond donors (Lipinski definition) is 3. The van der Waals surface area contributed by atoms with E-state index in [0.717, 1.165) is 11.1 Å². The maximum absolute atomic E-state index is 9.75. The van der Waals surface area contributed by atoms with Crippen LogP contribution in [0.5, 0.6) is 11.5 Å². The number of aliphatic hydroxyl groups is 2. The average Bonchev–Trinajstić information content (AvgIpc) is 2.82. The molecule has 0 aromatic heterocycles. The number of rotatable bonds is 13. The molecule has 0 saturated heterocycles. The highest BCUT2D eigenvalue weighted by Crippen LogP contribution is 2.33. The van der Waals surface area contributed by atoms with E-state index in [2.05, 4.69) is 27.6 Å². The number of phenols is 1. The number of ether oxygens (including phenoxy) is 3. The highest BCUT2D eigenvalue weighted by molar-refractivity contribution is 6.09. The molecule has 2 atom stereocenters. The molecule has 0 radical (unpaired) electrons. The zero-order valence-corrected chi connectivity index (χ0v) is 19.2. The van der Waals surface area contributed by atoms with Crippen LogP contribution in [0.15, 0.2) is 48.5 Å². The summed E-state index contributed by atoms with van der Waals surface area (Å²) in [5.41, 5.74) is 2.16. The van der Waals surface area contributed by atoms with Crippen LogP contribution in [-0.4, -0.2) is 66.9 Å². The third-order valence-corrected chi connectivity index (χ3v) is 4.77. The van der Waals surface area contributed by atoms with Crippen LogP contribution in [0.3, 0.4) is 0 Å². The molecule has 10 heteroatoms. The van der Waals surface area contributed by atoms with Gasteiger partial charge in [-0.25, -0.2) is 0 Å². The van der Waals surface area contributed by atoms with Crippen molar-refractivity contribution >= 4 is 24.8 Å². The summed E-state index contributed by atoms with van der Waals surface area (Å²) in [6.45, 7) is 4.23. The van der Waals surface area contributed by atoms with E-state index in [4.69, 9.17) is 26.8 Å². The molecule has 0 heterocycles. The molecule has 3 N–H and O–H groups in total. The fourth-order valence-electron chi connectivity index (χ4n) is 2.70. The summed E-state index contributed by atoms with van der Waals surface area (Å²) in [4.78, 5) is 19.5. The van der Waals surface area contributed by atoms with E-state index in [1.165, 1.54) is 0 Å².